The van der Waals surface area contributed by atoms with Crippen LogP contribution in [0, 0.1) is 0 Å². The highest BCUT2D eigenvalue weighted by molar-refractivity contribution is 4.99. The minimum atomic E-state index is 0.701. The van der Waals surface area contributed by atoms with Gasteiger partial charge in [0, 0.05) is 32.4 Å². The van der Waals surface area contributed by atoms with Crippen molar-refractivity contribution in [2.75, 3.05) is 0 Å². The van der Waals surface area contributed by atoms with Gasteiger partial charge in [-0.25, -0.2) is 0 Å². The van der Waals surface area contributed by atoms with Gasteiger partial charge in [-0.05, 0) is 6.07 Å². The van der Waals surface area contributed by atoms with E-state index in [1.54, 1.807) is 10.9 Å². The van der Waals surface area contributed by atoms with E-state index >= 15 is 0 Å². The van der Waals surface area contributed by atoms with Gasteiger partial charge in [0.1, 0.15) is 6.26 Å². The topological polar surface area (TPSA) is 55.9 Å². The van der Waals surface area contributed by atoms with Gasteiger partial charge in [0.05, 0.1) is 11.4 Å². The Bertz CT molecular complexity index is 379. The quantitative estimate of drug-likeness (QED) is 0.774. The van der Waals surface area contributed by atoms with E-state index in [0.29, 0.717) is 6.54 Å². The van der Waals surface area contributed by atoms with Gasteiger partial charge in [0.25, 0.3) is 0 Å². The Hall–Kier alpha value is -1.62. The van der Waals surface area contributed by atoms with Crippen molar-refractivity contribution < 1.29 is 4.52 Å². The van der Waals surface area contributed by atoms with Crippen molar-refractivity contribution in [3.05, 3.63) is 36.0 Å². The van der Waals surface area contributed by atoms with Crippen molar-refractivity contribution in [2.24, 2.45) is 7.05 Å². The largest absolute Gasteiger partial charge is 0.364 e. The Kier molecular flexibility index (Phi) is 2.60. The zero-order valence-electron chi connectivity index (χ0n) is 7.97. The van der Waals surface area contributed by atoms with E-state index in [1.165, 1.54) is 0 Å². The van der Waals surface area contributed by atoms with Crippen LogP contribution in [0.5, 0.6) is 0 Å². The molecule has 0 spiro atoms. The SMILES string of the molecule is Cn1ccc(CNCc2ccon2)n1. The normalized spacial score (nSPS) is 10.6. The third-order valence-electron chi connectivity index (χ3n) is 1.87. The molecule has 2 rings (SSSR count). The van der Waals surface area contributed by atoms with Crippen molar-refractivity contribution in [2.45, 2.75) is 13.1 Å². The molecule has 0 aliphatic rings. The first-order chi connectivity index (χ1) is 6.84. The van der Waals surface area contributed by atoms with Crippen LogP contribution in [0.2, 0.25) is 0 Å². The highest BCUT2D eigenvalue weighted by Crippen LogP contribution is 1.96. The highest BCUT2D eigenvalue weighted by Gasteiger charge is 1.98. The lowest BCUT2D eigenvalue weighted by molar-refractivity contribution is 0.408. The summed E-state index contributed by atoms with van der Waals surface area (Å²) in [4.78, 5) is 0. The fraction of sp³-hybridized carbons (Fsp3) is 0.333. The number of hydrogen-bond acceptors (Lipinski definition) is 4. The maximum absolute atomic E-state index is 4.71. The second-order valence-electron chi connectivity index (χ2n) is 3.08. The zero-order valence-corrected chi connectivity index (χ0v) is 7.97. The van der Waals surface area contributed by atoms with E-state index in [1.807, 2.05) is 25.4 Å². The molecule has 0 fully saturated rings. The van der Waals surface area contributed by atoms with Crippen LogP contribution in [0.3, 0.4) is 0 Å². The van der Waals surface area contributed by atoms with Crippen LogP contribution in [0.15, 0.2) is 29.1 Å². The summed E-state index contributed by atoms with van der Waals surface area (Å²) in [6.07, 6.45) is 3.49. The summed E-state index contributed by atoms with van der Waals surface area (Å²) in [5.41, 5.74) is 1.93. The summed E-state index contributed by atoms with van der Waals surface area (Å²) in [6, 6.07) is 3.82. The average molecular weight is 192 g/mol. The van der Waals surface area contributed by atoms with Crippen LogP contribution in [0.1, 0.15) is 11.4 Å². The van der Waals surface area contributed by atoms with Gasteiger partial charge in [-0.2, -0.15) is 5.10 Å². The van der Waals surface area contributed by atoms with Gasteiger partial charge in [0.15, 0.2) is 0 Å². The van der Waals surface area contributed by atoms with Crippen molar-refractivity contribution in [3.63, 3.8) is 0 Å². The molecule has 0 aliphatic heterocycles. The Morgan fingerprint density at radius 1 is 1.36 bits per heavy atom. The molecule has 0 amide bonds. The fourth-order valence-electron chi connectivity index (χ4n) is 1.20. The Morgan fingerprint density at radius 3 is 2.86 bits per heavy atom. The van der Waals surface area contributed by atoms with Crippen LogP contribution < -0.4 is 5.32 Å². The molecule has 5 nitrogen and oxygen atoms in total. The Labute approximate surface area is 81.7 Å². The lowest BCUT2D eigenvalue weighted by Crippen LogP contribution is -2.13. The molecule has 0 unspecified atom stereocenters. The van der Waals surface area contributed by atoms with Crippen LogP contribution in [-0.4, -0.2) is 14.9 Å². The van der Waals surface area contributed by atoms with E-state index in [9.17, 15) is 0 Å². The first-order valence-corrected chi connectivity index (χ1v) is 4.43. The third-order valence-corrected chi connectivity index (χ3v) is 1.87. The zero-order chi connectivity index (χ0) is 9.80. The number of aryl methyl sites for hydroxylation is 1. The molecule has 2 heterocycles. The van der Waals surface area contributed by atoms with E-state index in [-0.39, 0.29) is 0 Å². The molecule has 0 saturated carbocycles. The molecule has 0 radical (unpaired) electrons. The van der Waals surface area contributed by atoms with Gasteiger partial charge in [-0.1, -0.05) is 5.16 Å². The number of aromatic nitrogens is 3. The number of rotatable bonds is 4. The van der Waals surface area contributed by atoms with E-state index in [0.717, 1.165) is 17.9 Å². The summed E-state index contributed by atoms with van der Waals surface area (Å²) in [7, 11) is 1.90. The van der Waals surface area contributed by atoms with Crippen LogP contribution in [0.4, 0.5) is 0 Å². The van der Waals surface area contributed by atoms with Gasteiger partial charge in [0.2, 0.25) is 0 Å². The van der Waals surface area contributed by atoms with Crippen molar-refractivity contribution in [1.29, 1.82) is 0 Å². The summed E-state index contributed by atoms with van der Waals surface area (Å²) in [5, 5.41) is 11.2. The van der Waals surface area contributed by atoms with E-state index in [2.05, 4.69) is 15.6 Å². The van der Waals surface area contributed by atoms with E-state index in [4.69, 9.17) is 4.52 Å². The summed E-state index contributed by atoms with van der Waals surface area (Å²) in [5.74, 6) is 0. The lowest BCUT2D eigenvalue weighted by atomic mass is 10.4. The van der Waals surface area contributed by atoms with Crippen LogP contribution in [-0.2, 0) is 20.1 Å². The van der Waals surface area contributed by atoms with Gasteiger partial charge >= 0.3 is 0 Å². The van der Waals surface area contributed by atoms with Crippen molar-refractivity contribution in [3.8, 4) is 0 Å². The van der Waals surface area contributed by atoms with E-state index < -0.39 is 0 Å². The molecule has 5 heteroatoms. The molecule has 0 aromatic carbocycles. The first-order valence-electron chi connectivity index (χ1n) is 4.43. The third kappa shape index (κ3) is 2.20. The Balaban J connectivity index is 1.78. The standard InChI is InChI=1S/C9H12N4O/c1-13-4-2-8(11-13)6-10-7-9-3-5-14-12-9/h2-5,10H,6-7H2,1H3. The van der Waals surface area contributed by atoms with Crippen molar-refractivity contribution >= 4 is 0 Å². The molecule has 2 aromatic heterocycles. The fourth-order valence-corrected chi connectivity index (χ4v) is 1.20. The molecule has 2 aromatic rings. The molecule has 74 valence electrons. The minimum Gasteiger partial charge on any atom is -0.364 e. The summed E-state index contributed by atoms with van der Waals surface area (Å²) in [6.45, 7) is 1.45. The summed E-state index contributed by atoms with van der Waals surface area (Å²) < 4.78 is 6.50. The molecule has 0 bridgehead atoms. The minimum absolute atomic E-state index is 0.701. The second kappa shape index (κ2) is 4.06. The van der Waals surface area contributed by atoms with Gasteiger partial charge in [-0.3, -0.25) is 4.68 Å². The predicted molar refractivity (Wildman–Crippen MR) is 50.3 cm³/mol. The number of nitrogens with zero attached hydrogens (tertiary/aromatic N) is 3. The predicted octanol–water partition coefficient (Wildman–Crippen LogP) is 0.698. The Morgan fingerprint density at radius 2 is 2.21 bits per heavy atom. The molecule has 14 heavy (non-hydrogen) atoms. The first kappa shape index (κ1) is 8.96. The molecular formula is C9H12N4O. The van der Waals surface area contributed by atoms with Crippen LogP contribution in [0.25, 0.3) is 0 Å². The summed E-state index contributed by atoms with van der Waals surface area (Å²) >= 11 is 0. The molecular weight excluding hydrogens is 180 g/mol. The van der Waals surface area contributed by atoms with Gasteiger partial charge in [-0.15, -0.1) is 0 Å². The molecule has 0 atom stereocenters. The molecule has 0 aliphatic carbocycles. The maximum Gasteiger partial charge on any atom is 0.124 e. The number of hydrogen-bond donors (Lipinski definition) is 1. The molecule has 0 saturated heterocycles. The molecule has 1 N–H and O–H groups in total. The monoisotopic (exact) mass is 192 g/mol. The van der Waals surface area contributed by atoms with Gasteiger partial charge < -0.3 is 9.84 Å². The second-order valence-corrected chi connectivity index (χ2v) is 3.08. The van der Waals surface area contributed by atoms with Crippen molar-refractivity contribution in [1.82, 2.24) is 20.3 Å². The van der Waals surface area contributed by atoms with Crippen LogP contribution >= 0.6 is 0 Å². The number of nitrogens with one attached hydrogen (secondary N) is 1. The smallest absolute Gasteiger partial charge is 0.124 e. The maximum atomic E-state index is 4.71. The highest BCUT2D eigenvalue weighted by atomic mass is 16.5. The average Bonchev–Trinajstić information content (AvgIpc) is 2.77. The lowest BCUT2D eigenvalue weighted by Gasteiger charge is -1.97.